The molecule has 0 spiro atoms. The molecule has 0 unspecified atom stereocenters. The number of benzene rings is 3. The lowest BCUT2D eigenvalue weighted by molar-refractivity contribution is -0.384. The lowest BCUT2D eigenvalue weighted by atomic mass is 10.2. The van der Waals surface area contributed by atoms with Crippen LogP contribution in [0.1, 0.15) is 17.3 Å². The summed E-state index contributed by atoms with van der Waals surface area (Å²) in [6, 6.07) is 17.7. The Hall–Kier alpha value is -3.58. The van der Waals surface area contributed by atoms with E-state index in [2.05, 4.69) is 5.32 Å². The van der Waals surface area contributed by atoms with Gasteiger partial charge in [-0.3, -0.25) is 14.9 Å². The van der Waals surface area contributed by atoms with Crippen molar-refractivity contribution < 1.29 is 19.2 Å². The molecule has 3 aromatic carbocycles. The fourth-order valence-corrected chi connectivity index (χ4v) is 2.81. The summed E-state index contributed by atoms with van der Waals surface area (Å²) < 4.78 is 11.3. The fourth-order valence-electron chi connectivity index (χ4n) is 2.55. The predicted molar refractivity (Wildman–Crippen MR) is 110 cm³/mol. The van der Waals surface area contributed by atoms with Gasteiger partial charge in [0.05, 0.1) is 27.8 Å². The number of amides is 1. The molecule has 0 radical (unpaired) electrons. The smallest absolute Gasteiger partial charge is 0.270 e. The van der Waals surface area contributed by atoms with Crippen molar-refractivity contribution in [1.29, 1.82) is 0 Å². The van der Waals surface area contributed by atoms with Crippen LogP contribution in [0.2, 0.25) is 5.02 Å². The van der Waals surface area contributed by atoms with Crippen LogP contribution in [-0.4, -0.2) is 17.4 Å². The molecule has 0 aliphatic rings. The van der Waals surface area contributed by atoms with Crippen LogP contribution in [-0.2, 0) is 0 Å². The molecule has 0 saturated carbocycles. The summed E-state index contributed by atoms with van der Waals surface area (Å²) in [5, 5.41) is 13.5. The van der Waals surface area contributed by atoms with Crippen LogP contribution < -0.4 is 14.8 Å². The van der Waals surface area contributed by atoms with Crippen molar-refractivity contribution in [2.24, 2.45) is 0 Å². The number of hydrogen-bond donors (Lipinski definition) is 1. The van der Waals surface area contributed by atoms with E-state index in [9.17, 15) is 14.9 Å². The summed E-state index contributed by atoms with van der Waals surface area (Å²) in [5.41, 5.74) is 0.361. The molecule has 1 amide bonds. The standard InChI is InChI=1S/C21H17ClN2O5/c1-2-28-15-8-10-16(11-9-15)29-20-6-4-3-5-19(20)23-21(25)17-12-7-14(24(26)27)13-18(17)22/h3-13H,2H2,1H3,(H,23,25). The first kappa shape index (κ1) is 20.2. The molecule has 0 fully saturated rings. The van der Waals surface area contributed by atoms with E-state index in [0.29, 0.717) is 23.8 Å². The van der Waals surface area contributed by atoms with Gasteiger partial charge in [-0.2, -0.15) is 0 Å². The summed E-state index contributed by atoms with van der Waals surface area (Å²) in [7, 11) is 0. The predicted octanol–water partition coefficient (Wildman–Crippen LogP) is 5.69. The average Bonchev–Trinajstić information content (AvgIpc) is 2.71. The molecule has 0 aliphatic carbocycles. The highest BCUT2D eigenvalue weighted by Gasteiger charge is 2.16. The molecule has 8 heteroatoms. The van der Waals surface area contributed by atoms with Gasteiger partial charge < -0.3 is 14.8 Å². The van der Waals surface area contributed by atoms with Gasteiger partial charge in [0.15, 0.2) is 5.75 Å². The van der Waals surface area contributed by atoms with Crippen LogP contribution in [0.4, 0.5) is 11.4 Å². The topological polar surface area (TPSA) is 90.7 Å². The number of anilines is 1. The number of ether oxygens (including phenoxy) is 2. The Balaban J connectivity index is 1.78. The molecule has 0 heterocycles. The zero-order chi connectivity index (χ0) is 20.8. The highest BCUT2D eigenvalue weighted by molar-refractivity contribution is 6.34. The normalized spacial score (nSPS) is 10.3. The molecule has 0 aromatic heterocycles. The lowest BCUT2D eigenvalue weighted by Gasteiger charge is -2.13. The van der Waals surface area contributed by atoms with Gasteiger partial charge in [-0.25, -0.2) is 0 Å². The first-order chi connectivity index (χ1) is 14.0. The molecule has 148 valence electrons. The zero-order valence-corrected chi connectivity index (χ0v) is 16.2. The summed E-state index contributed by atoms with van der Waals surface area (Å²) in [4.78, 5) is 22.8. The Labute approximate surface area is 172 Å². The summed E-state index contributed by atoms with van der Waals surface area (Å²) >= 11 is 6.04. The van der Waals surface area contributed by atoms with Crippen molar-refractivity contribution in [3.05, 3.63) is 87.4 Å². The number of carbonyl (C=O) groups excluding carboxylic acids is 1. The summed E-state index contributed by atoms with van der Waals surface area (Å²) in [6.45, 7) is 2.47. The number of carbonyl (C=O) groups is 1. The Morgan fingerprint density at radius 1 is 1.07 bits per heavy atom. The van der Waals surface area contributed by atoms with E-state index >= 15 is 0 Å². The summed E-state index contributed by atoms with van der Waals surface area (Å²) in [6.07, 6.45) is 0. The Kier molecular flexibility index (Phi) is 6.31. The van der Waals surface area contributed by atoms with Gasteiger partial charge in [0.25, 0.3) is 11.6 Å². The van der Waals surface area contributed by atoms with Crippen LogP contribution in [0.15, 0.2) is 66.7 Å². The maximum atomic E-state index is 12.6. The van der Waals surface area contributed by atoms with Gasteiger partial charge in [-0.15, -0.1) is 0 Å². The van der Waals surface area contributed by atoms with Crippen molar-refractivity contribution in [3.8, 4) is 17.2 Å². The number of halogens is 1. The SMILES string of the molecule is CCOc1ccc(Oc2ccccc2NC(=O)c2ccc([N+](=O)[O-])cc2Cl)cc1. The Bertz CT molecular complexity index is 1040. The van der Waals surface area contributed by atoms with Gasteiger partial charge in [0.1, 0.15) is 11.5 Å². The first-order valence-corrected chi connectivity index (χ1v) is 9.10. The molecule has 0 atom stereocenters. The van der Waals surface area contributed by atoms with E-state index in [4.69, 9.17) is 21.1 Å². The van der Waals surface area contributed by atoms with Crippen molar-refractivity contribution in [2.75, 3.05) is 11.9 Å². The second-order valence-corrected chi connectivity index (χ2v) is 6.29. The zero-order valence-electron chi connectivity index (χ0n) is 15.4. The number of hydrogen-bond acceptors (Lipinski definition) is 5. The maximum Gasteiger partial charge on any atom is 0.270 e. The van der Waals surface area contributed by atoms with Crippen molar-refractivity contribution in [3.63, 3.8) is 0 Å². The van der Waals surface area contributed by atoms with E-state index in [0.717, 1.165) is 11.8 Å². The molecule has 29 heavy (non-hydrogen) atoms. The van der Waals surface area contributed by atoms with E-state index < -0.39 is 10.8 Å². The van der Waals surface area contributed by atoms with E-state index in [1.54, 1.807) is 48.5 Å². The van der Waals surface area contributed by atoms with Crippen molar-refractivity contribution >= 4 is 28.9 Å². The van der Waals surface area contributed by atoms with Gasteiger partial charge in [-0.05, 0) is 49.4 Å². The molecule has 0 bridgehead atoms. The number of nitro groups is 1. The monoisotopic (exact) mass is 412 g/mol. The molecule has 3 rings (SSSR count). The molecular weight excluding hydrogens is 396 g/mol. The minimum atomic E-state index is -0.576. The minimum absolute atomic E-state index is 0.0124. The van der Waals surface area contributed by atoms with E-state index in [-0.39, 0.29) is 16.3 Å². The number of nitrogens with zero attached hydrogens (tertiary/aromatic N) is 1. The number of nitro benzene ring substituents is 1. The van der Waals surface area contributed by atoms with Crippen LogP contribution in [0.3, 0.4) is 0 Å². The first-order valence-electron chi connectivity index (χ1n) is 8.73. The number of para-hydroxylation sites is 2. The quantitative estimate of drug-likeness (QED) is 0.397. The Morgan fingerprint density at radius 3 is 2.41 bits per heavy atom. The molecular formula is C21H17ClN2O5. The van der Waals surface area contributed by atoms with E-state index in [1.807, 2.05) is 6.92 Å². The second kappa shape index (κ2) is 9.07. The van der Waals surface area contributed by atoms with Crippen molar-refractivity contribution in [2.45, 2.75) is 6.92 Å². The highest BCUT2D eigenvalue weighted by atomic mass is 35.5. The van der Waals surface area contributed by atoms with Crippen LogP contribution >= 0.6 is 11.6 Å². The third-order valence-electron chi connectivity index (χ3n) is 3.91. The second-order valence-electron chi connectivity index (χ2n) is 5.88. The molecule has 0 saturated heterocycles. The molecule has 0 aliphatic heterocycles. The Morgan fingerprint density at radius 2 is 1.76 bits per heavy atom. The van der Waals surface area contributed by atoms with Gasteiger partial charge in [0.2, 0.25) is 0 Å². The van der Waals surface area contributed by atoms with Crippen LogP contribution in [0.5, 0.6) is 17.2 Å². The highest BCUT2D eigenvalue weighted by Crippen LogP contribution is 2.31. The van der Waals surface area contributed by atoms with Crippen LogP contribution in [0.25, 0.3) is 0 Å². The number of rotatable bonds is 7. The largest absolute Gasteiger partial charge is 0.494 e. The van der Waals surface area contributed by atoms with Gasteiger partial charge >= 0.3 is 0 Å². The maximum absolute atomic E-state index is 12.6. The number of non-ortho nitro benzene ring substituents is 1. The lowest BCUT2D eigenvalue weighted by Crippen LogP contribution is -2.13. The third-order valence-corrected chi connectivity index (χ3v) is 4.22. The van der Waals surface area contributed by atoms with Crippen LogP contribution in [0, 0.1) is 10.1 Å². The molecule has 7 nitrogen and oxygen atoms in total. The molecule has 3 aromatic rings. The minimum Gasteiger partial charge on any atom is -0.494 e. The van der Waals surface area contributed by atoms with Gasteiger partial charge in [-0.1, -0.05) is 23.7 Å². The van der Waals surface area contributed by atoms with Gasteiger partial charge in [0, 0.05) is 12.1 Å². The molecule has 1 N–H and O–H groups in total. The number of nitrogens with one attached hydrogen (secondary N) is 1. The van der Waals surface area contributed by atoms with E-state index in [1.165, 1.54) is 12.1 Å². The summed E-state index contributed by atoms with van der Waals surface area (Å²) in [5.74, 6) is 1.23. The third kappa shape index (κ3) is 5.03. The fraction of sp³-hybridized carbons (Fsp3) is 0.0952. The van der Waals surface area contributed by atoms with Crippen molar-refractivity contribution in [1.82, 2.24) is 0 Å². The average molecular weight is 413 g/mol.